The maximum atomic E-state index is 11.4. The molecule has 1 heterocycles. The van der Waals surface area contributed by atoms with E-state index >= 15 is 0 Å². The SMILES string of the molecule is [2H]c1cc2c(c([2H])c1OS(=O)(=O)[O-])CC[C@@H]1[C@@H]2CC[C@@]2(C)[C@H]1C[C@@H](O[C@@H]1O[C@H](C(=O)[O-])[C@@H](O)[C@H](O)[C@H]1O)[C@]2([2H])O.[Na+].[Na+]. The van der Waals surface area contributed by atoms with Crippen molar-refractivity contribution in [3.05, 3.63) is 29.3 Å². The van der Waals surface area contributed by atoms with E-state index in [0.29, 0.717) is 36.8 Å². The number of aliphatic hydroxyl groups excluding tert-OH is 3. The number of carbonyl (C=O) groups is 1. The molecule has 0 aromatic heterocycles. The first-order valence-corrected chi connectivity index (χ1v) is 13.4. The molecular weight excluding hydrogens is 558 g/mol. The van der Waals surface area contributed by atoms with Gasteiger partial charge in [-0.2, -0.15) is 0 Å². The number of hydrogen-bond donors (Lipinski definition) is 4. The molecule has 1 saturated heterocycles. The molecule has 0 bridgehead atoms. The summed E-state index contributed by atoms with van der Waals surface area (Å²) in [6, 6.07) is 0.626. The Kier molecular flexibility index (Phi) is 9.31. The van der Waals surface area contributed by atoms with Crippen molar-refractivity contribution >= 4 is 16.4 Å². The Morgan fingerprint density at radius 2 is 1.90 bits per heavy atom. The van der Waals surface area contributed by atoms with Crippen LogP contribution in [-0.4, -0.2) is 82.3 Å². The molecule has 206 valence electrons. The van der Waals surface area contributed by atoms with Gasteiger partial charge in [0.15, 0.2) is 6.29 Å². The van der Waals surface area contributed by atoms with Crippen molar-refractivity contribution in [1.82, 2.24) is 0 Å². The third kappa shape index (κ3) is 6.28. The molecule has 15 heteroatoms. The van der Waals surface area contributed by atoms with Crippen LogP contribution in [0.15, 0.2) is 18.2 Å². The van der Waals surface area contributed by atoms with E-state index in [2.05, 4.69) is 4.18 Å². The molecule has 12 nitrogen and oxygen atoms in total. The molecule has 11 atom stereocenters. The van der Waals surface area contributed by atoms with E-state index < -0.39 is 76.5 Å². The largest absolute Gasteiger partial charge is 1.00 e. The van der Waals surface area contributed by atoms with E-state index in [9.17, 15) is 43.3 Å². The summed E-state index contributed by atoms with van der Waals surface area (Å²) >= 11 is 0. The zero-order valence-corrected chi connectivity index (χ0v) is 26.6. The molecule has 3 aliphatic carbocycles. The van der Waals surface area contributed by atoms with Gasteiger partial charge in [-0.1, -0.05) is 13.0 Å². The monoisotopic (exact) mass is 591 g/mol. The maximum absolute atomic E-state index is 11.4. The van der Waals surface area contributed by atoms with E-state index in [1.807, 2.05) is 0 Å². The summed E-state index contributed by atoms with van der Waals surface area (Å²) < 4.78 is 74.1. The number of rotatable bonds is 5. The van der Waals surface area contributed by atoms with Crippen LogP contribution in [-0.2, 0) is 31.1 Å². The average Bonchev–Trinajstić information content (AvgIpc) is 3.06. The Morgan fingerprint density at radius 1 is 1.21 bits per heavy atom. The third-order valence-corrected chi connectivity index (χ3v) is 8.94. The van der Waals surface area contributed by atoms with Gasteiger partial charge in [-0.05, 0) is 78.5 Å². The predicted molar refractivity (Wildman–Crippen MR) is 119 cm³/mol. The van der Waals surface area contributed by atoms with E-state index in [1.54, 1.807) is 6.92 Å². The zero-order valence-electron chi connectivity index (χ0n) is 24.8. The first-order valence-electron chi connectivity index (χ1n) is 13.5. The Balaban J connectivity index is 0.00000242. The van der Waals surface area contributed by atoms with E-state index in [4.69, 9.17) is 13.6 Å². The number of ether oxygens (including phenoxy) is 2. The number of carboxylic acids is 1. The van der Waals surface area contributed by atoms with Crippen LogP contribution in [0.3, 0.4) is 0 Å². The van der Waals surface area contributed by atoms with E-state index in [0.717, 1.165) is 0 Å². The van der Waals surface area contributed by atoms with E-state index in [-0.39, 0.29) is 89.3 Å². The molecule has 1 aromatic rings. The van der Waals surface area contributed by atoms with Crippen LogP contribution in [0.1, 0.15) is 53.8 Å². The summed E-state index contributed by atoms with van der Waals surface area (Å²) in [7, 11) is -5.19. The van der Waals surface area contributed by atoms with Crippen molar-refractivity contribution in [2.24, 2.45) is 17.3 Å². The fourth-order valence-electron chi connectivity index (χ4n) is 6.77. The third-order valence-electron chi connectivity index (χ3n) is 8.57. The standard InChI is InChI=1S/C24H32O12S.2Na/c1-24-7-6-13-12-5-3-11(36-37(31,32)33)8-10(12)2-4-14(13)15(24)9-16(21(24)28)34-23-19(27)17(25)18(26)20(35-23)22(29)30;;/h3,5,8,13-21,23,25-28H,2,4,6-7,9H2,1H3,(H,29,30)(H,31,32,33);;/q;2*+1/p-2/t13-,14-,15+,16-,17+,18+,19-,20+,21+,23-,24+;;/m1../s1/i3D,8D,21D;;. The van der Waals surface area contributed by atoms with Gasteiger partial charge in [0.25, 0.3) is 10.4 Å². The summed E-state index contributed by atoms with van der Waals surface area (Å²) in [5, 5.41) is 53.2. The van der Waals surface area contributed by atoms with Crippen LogP contribution in [0.4, 0.5) is 0 Å². The first-order chi connectivity index (χ1) is 18.5. The molecular formula is C24H30Na2O12S. The summed E-state index contributed by atoms with van der Waals surface area (Å²) in [5.41, 5.74) is 0.0857. The van der Waals surface area contributed by atoms with Gasteiger partial charge in [-0.3, -0.25) is 0 Å². The fraction of sp³-hybridized carbons (Fsp3) is 0.708. The second-order valence-electron chi connectivity index (χ2n) is 10.5. The first kappa shape index (κ1) is 29.2. The molecule has 39 heavy (non-hydrogen) atoms. The molecule has 0 radical (unpaired) electrons. The van der Waals surface area contributed by atoms with Gasteiger partial charge in [-0.15, -0.1) is 0 Å². The van der Waals surface area contributed by atoms with Gasteiger partial charge in [0.1, 0.15) is 30.2 Å². The normalized spacial score (nSPS) is 44.2. The smallest absolute Gasteiger partial charge is 0.716 e. The van der Waals surface area contributed by atoms with Crippen molar-refractivity contribution in [3.8, 4) is 5.75 Å². The van der Waals surface area contributed by atoms with Gasteiger partial charge < -0.3 is 48.5 Å². The molecule has 0 unspecified atom stereocenters. The van der Waals surface area contributed by atoms with Gasteiger partial charge in [-0.25, -0.2) is 8.42 Å². The van der Waals surface area contributed by atoms with Crippen LogP contribution in [0, 0.1) is 17.3 Å². The van der Waals surface area contributed by atoms with Crippen LogP contribution in [0.25, 0.3) is 0 Å². The van der Waals surface area contributed by atoms with Crippen molar-refractivity contribution in [1.29, 1.82) is 0 Å². The molecule has 4 aliphatic rings. The molecule has 1 aliphatic heterocycles. The molecule has 0 amide bonds. The number of aliphatic carboxylic acids is 1. The summed E-state index contributed by atoms with van der Waals surface area (Å²) in [4.78, 5) is 11.4. The minimum atomic E-state index is -5.19. The Bertz CT molecular complexity index is 1320. The minimum absolute atomic E-state index is 0. The van der Waals surface area contributed by atoms with Crippen molar-refractivity contribution in [3.63, 3.8) is 0 Å². The quantitative estimate of drug-likeness (QED) is 0.143. The number of benzene rings is 1. The van der Waals surface area contributed by atoms with Gasteiger partial charge in [0.05, 0.1) is 22.3 Å². The second-order valence-corrected chi connectivity index (χ2v) is 11.5. The molecule has 3 fully saturated rings. The number of carbonyl (C=O) groups excluding carboxylic acids is 1. The van der Waals surface area contributed by atoms with Crippen LogP contribution in [0.5, 0.6) is 5.75 Å². The van der Waals surface area contributed by atoms with Crippen molar-refractivity contribution < 1.29 is 120 Å². The van der Waals surface area contributed by atoms with Crippen molar-refractivity contribution in [2.75, 3.05) is 0 Å². The minimum Gasteiger partial charge on any atom is -0.716 e. The fourth-order valence-corrected chi connectivity index (χ4v) is 7.06. The van der Waals surface area contributed by atoms with Gasteiger partial charge in [0.2, 0.25) is 0 Å². The van der Waals surface area contributed by atoms with Gasteiger partial charge in [0, 0.05) is 0 Å². The number of hydrogen-bond acceptors (Lipinski definition) is 12. The average molecular weight is 592 g/mol. The van der Waals surface area contributed by atoms with Crippen LogP contribution >= 0.6 is 0 Å². The van der Waals surface area contributed by atoms with Crippen LogP contribution < -0.4 is 68.4 Å². The molecule has 5 rings (SSSR count). The number of fused-ring (bicyclic) bond motifs is 5. The summed E-state index contributed by atoms with van der Waals surface area (Å²) in [5.74, 6) is -3.16. The Morgan fingerprint density at radius 3 is 2.54 bits per heavy atom. The summed E-state index contributed by atoms with van der Waals surface area (Å²) in [6.07, 6.45) is -11.4. The van der Waals surface area contributed by atoms with Crippen LogP contribution in [0.2, 0.25) is 0 Å². The topological polar surface area (TPSA) is 206 Å². The second kappa shape index (κ2) is 12.4. The molecule has 4 N–H and O–H groups in total. The molecule has 2 saturated carbocycles. The van der Waals surface area contributed by atoms with E-state index in [1.165, 1.54) is 6.07 Å². The van der Waals surface area contributed by atoms with Gasteiger partial charge >= 0.3 is 59.1 Å². The zero-order chi connectivity index (χ0) is 29.5. The Hall–Kier alpha value is 0.160. The molecule has 0 spiro atoms. The molecule has 1 aromatic carbocycles. The maximum Gasteiger partial charge on any atom is 1.00 e. The number of carboxylic acid groups (broad SMARTS) is 1. The predicted octanol–water partition coefficient (Wildman–Crippen LogP) is -7.70. The Labute approximate surface area is 274 Å². The van der Waals surface area contributed by atoms with Crippen molar-refractivity contribution in [2.45, 2.75) is 87.8 Å². The summed E-state index contributed by atoms with van der Waals surface area (Å²) in [6.45, 7) is 1.74. The number of aliphatic hydroxyl groups is 4.